The molecule has 2 rings (SSSR count). The lowest BCUT2D eigenvalue weighted by Crippen LogP contribution is -2.28. The molecule has 0 radical (unpaired) electrons. The molecular weight excluding hydrogens is 442 g/mol. The van der Waals surface area contributed by atoms with Crippen molar-refractivity contribution in [3.63, 3.8) is 0 Å². The van der Waals surface area contributed by atoms with Crippen LogP contribution in [0.25, 0.3) is 0 Å². The van der Waals surface area contributed by atoms with Crippen molar-refractivity contribution in [2.45, 2.75) is 31.7 Å². The molecule has 0 saturated carbocycles. The molecule has 5 nitrogen and oxygen atoms in total. The Morgan fingerprint density at radius 1 is 1.14 bits per heavy atom. The molecule has 1 aromatic heterocycles. The quantitative estimate of drug-likeness (QED) is 0.432. The van der Waals surface area contributed by atoms with Gasteiger partial charge in [0.25, 0.3) is 0 Å². The molecular formula is C17H16Cl2F3NO4S. The summed E-state index contributed by atoms with van der Waals surface area (Å²) in [6, 6.07) is 3.79. The van der Waals surface area contributed by atoms with E-state index < -0.39 is 21.4 Å². The van der Waals surface area contributed by atoms with Gasteiger partial charge in [-0.1, -0.05) is 37.0 Å². The van der Waals surface area contributed by atoms with Crippen LogP contribution in [0.3, 0.4) is 0 Å². The molecule has 1 heterocycles. The fraction of sp³-hybridized carbons (Fsp3) is 0.353. The standard InChI is InChI=1S/C17H16Cl2F3NO4S/c1-9(2)12-4-10(8-23-16(12)26-3)5-13-14(18)6-11(7-15(13)19)27-28(24,25)17(20,21)22/h4,6-9H,5H2,1-3H3. The van der Waals surface area contributed by atoms with Gasteiger partial charge in [0, 0.05) is 40.4 Å². The van der Waals surface area contributed by atoms with Crippen LogP contribution in [0, 0.1) is 0 Å². The zero-order valence-electron chi connectivity index (χ0n) is 15.0. The van der Waals surface area contributed by atoms with Crippen LogP contribution in [0.5, 0.6) is 11.6 Å². The van der Waals surface area contributed by atoms with Gasteiger partial charge in [-0.2, -0.15) is 21.6 Å². The molecule has 0 spiro atoms. The molecule has 0 atom stereocenters. The lowest BCUT2D eigenvalue weighted by molar-refractivity contribution is -0.0500. The smallest absolute Gasteiger partial charge is 0.481 e. The van der Waals surface area contributed by atoms with Crippen molar-refractivity contribution < 1.29 is 30.5 Å². The predicted octanol–water partition coefficient (Wildman–Crippen LogP) is 5.34. The summed E-state index contributed by atoms with van der Waals surface area (Å²) in [6.07, 6.45) is 1.79. The first-order chi connectivity index (χ1) is 12.9. The normalized spacial score (nSPS) is 12.3. The maximum Gasteiger partial charge on any atom is 0.534 e. The van der Waals surface area contributed by atoms with Crippen molar-refractivity contribution >= 4 is 33.3 Å². The number of rotatable bonds is 6. The Kier molecular flexibility index (Phi) is 6.73. The minimum Gasteiger partial charge on any atom is -0.481 e. The molecule has 0 saturated heterocycles. The third kappa shape index (κ3) is 5.01. The van der Waals surface area contributed by atoms with Crippen molar-refractivity contribution in [3.8, 4) is 11.6 Å². The number of hydrogen-bond acceptors (Lipinski definition) is 5. The van der Waals surface area contributed by atoms with Crippen molar-refractivity contribution in [3.05, 3.63) is 51.1 Å². The molecule has 11 heteroatoms. The maximum absolute atomic E-state index is 12.5. The summed E-state index contributed by atoms with van der Waals surface area (Å²) in [4.78, 5) is 4.23. The van der Waals surface area contributed by atoms with Gasteiger partial charge in [-0.3, -0.25) is 0 Å². The molecule has 0 aliphatic rings. The third-order valence-corrected chi connectivity index (χ3v) is 5.39. The number of hydrogen-bond donors (Lipinski definition) is 0. The molecule has 0 bridgehead atoms. The molecule has 28 heavy (non-hydrogen) atoms. The Balaban J connectivity index is 2.35. The van der Waals surface area contributed by atoms with E-state index in [1.54, 1.807) is 6.20 Å². The van der Waals surface area contributed by atoms with Gasteiger partial charge in [0.2, 0.25) is 5.88 Å². The summed E-state index contributed by atoms with van der Waals surface area (Å²) in [7, 11) is -4.31. The second kappa shape index (κ2) is 8.34. The van der Waals surface area contributed by atoms with Crippen molar-refractivity contribution in [1.29, 1.82) is 0 Å². The van der Waals surface area contributed by atoms with Crippen molar-refractivity contribution in [1.82, 2.24) is 4.98 Å². The second-order valence-corrected chi connectivity index (χ2v) is 8.47. The van der Waals surface area contributed by atoms with Gasteiger partial charge in [-0.25, -0.2) is 4.98 Å². The topological polar surface area (TPSA) is 65.5 Å². The molecule has 0 N–H and O–H groups in total. The minimum atomic E-state index is -5.82. The number of benzene rings is 1. The van der Waals surface area contributed by atoms with Gasteiger partial charge in [0.1, 0.15) is 5.75 Å². The first kappa shape index (κ1) is 22.6. The molecule has 0 aliphatic carbocycles. The molecule has 0 amide bonds. The van der Waals surface area contributed by atoms with Crippen LogP contribution in [0.1, 0.15) is 36.5 Å². The van der Waals surface area contributed by atoms with Crippen LogP contribution in [-0.4, -0.2) is 26.0 Å². The monoisotopic (exact) mass is 457 g/mol. The zero-order valence-corrected chi connectivity index (χ0v) is 17.3. The highest BCUT2D eigenvalue weighted by molar-refractivity contribution is 7.88. The maximum atomic E-state index is 12.5. The lowest BCUT2D eigenvalue weighted by atomic mass is 9.99. The molecule has 0 unspecified atom stereocenters. The SMILES string of the molecule is COc1ncc(Cc2c(Cl)cc(OS(=O)(=O)C(F)(F)F)cc2Cl)cc1C(C)C. The molecule has 0 fully saturated rings. The predicted molar refractivity (Wildman–Crippen MR) is 99.7 cm³/mol. The van der Waals surface area contributed by atoms with Gasteiger partial charge < -0.3 is 8.92 Å². The average molecular weight is 458 g/mol. The van der Waals surface area contributed by atoms with Crippen molar-refractivity contribution in [2.75, 3.05) is 7.11 Å². The van der Waals surface area contributed by atoms with Gasteiger partial charge in [-0.15, -0.1) is 0 Å². The highest BCUT2D eigenvalue weighted by atomic mass is 35.5. The Bertz CT molecular complexity index is 956. The zero-order chi connectivity index (χ0) is 21.3. The van der Waals surface area contributed by atoms with Crippen LogP contribution in [0.4, 0.5) is 13.2 Å². The van der Waals surface area contributed by atoms with Gasteiger partial charge >= 0.3 is 15.6 Å². The van der Waals surface area contributed by atoms with E-state index in [9.17, 15) is 21.6 Å². The summed E-state index contributed by atoms with van der Waals surface area (Å²) in [6.45, 7) is 3.94. The second-order valence-electron chi connectivity index (χ2n) is 6.12. The number of pyridine rings is 1. The molecule has 0 aliphatic heterocycles. The summed E-state index contributed by atoms with van der Waals surface area (Å²) < 4.78 is 68.9. The highest BCUT2D eigenvalue weighted by Crippen LogP contribution is 2.35. The van der Waals surface area contributed by atoms with E-state index in [1.165, 1.54) is 7.11 Å². The number of halogens is 5. The number of ether oxygens (including phenoxy) is 1. The van der Waals surface area contributed by atoms with E-state index in [1.807, 2.05) is 19.9 Å². The Labute approximate surface area is 170 Å². The van der Waals surface area contributed by atoms with E-state index in [2.05, 4.69) is 9.17 Å². The Hall–Kier alpha value is -1.71. The summed E-state index contributed by atoms with van der Waals surface area (Å²) >= 11 is 12.2. The average Bonchev–Trinajstić information content (AvgIpc) is 2.56. The van der Waals surface area contributed by atoms with Crippen LogP contribution >= 0.6 is 23.2 Å². The van der Waals surface area contributed by atoms with Gasteiger partial charge in [0.15, 0.2) is 0 Å². The van der Waals surface area contributed by atoms with E-state index in [0.717, 1.165) is 23.3 Å². The summed E-state index contributed by atoms with van der Waals surface area (Å²) in [5.74, 6) is -0.0134. The van der Waals surface area contributed by atoms with E-state index in [0.29, 0.717) is 11.4 Å². The first-order valence-electron chi connectivity index (χ1n) is 7.87. The van der Waals surface area contributed by atoms with Crippen LogP contribution in [-0.2, 0) is 16.5 Å². The number of methoxy groups -OCH3 is 1. The number of alkyl halides is 3. The highest BCUT2D eigenvalue weighted by Gasteiger charge is 2.48. The van der Waals surface area contributed by atoms with Crippen LogP contribution in [0.15, 0.2) is 24.4 Å². The van der Waals surface area contributed by atoms with Crippen molar-refractivity contribution in [2.24, 2.45) is 0 Å². The Morgan fingerprint density at radius 2 is 1.71 bits per heavy atom. The Morgan fingerprint density at radius 3 is 2.18 bits per heavy atom. The fourth-order valence-electron chi connectivity index (χ4n) is 2.37. The van der Waals surface area contributed by atoms with Crippen LogP contribution < -0.4 is 8.92 Å². The molecule has 2 aromatic rings. The van der Waals surface area contributed by atoms with Gasteiger partial charge in [-0.05, 0) is 23.1 Å². The van der Waals surface area contributed by atoms with E-state index in [-0.39, 0.29) is 22.4 Å². The lowest BCUT2D eigenvalue weighted by Gasteiger charge is -2.14. The number of nitrogens with zero attached hydrogens (tertiary/aromatic N) is 1. The van der Waals surface area contributed by atoms with Gasteiger partial charge in [0.05, 0.1) is 7.11 Å². The third-order valence-electron chi connectivity index (χ3n) is 3.74. The summed E-state index contributed by atoms with van der Waals surface area (Å²) in [5.41, 5.74) is -3.57. The first-order valence-corrected chi connectivity index (χ1v) is 10.0. The largest absolute Gasteiger partial charge is 0.534 e. The van der Waals surface area contributed by atoms with E-state index in [4.69, 9.17) is 27.9 Å². The van der Waals surface area contributed by atoms with E-state index >= 15 is 0 Å². The molecule has 154 valence electrons. The molecule has 1 aromatic carbocycles. The number of aromatic nitrogens is 1. The minimum absolute atomic E-state index is 0.0400. The summed E-state index contributed by atoms with van der Waals surface area (Å²) in [5, 5.41) is -0.0800. The fourth-order valence-corrected chi connectivity index (χ4v) is 3.42. The van der Waals surface area contributed by atoms with Crippen LogP contribution in [0.2, 0.25) is 10.0 Å².